The molecule has 10 nitrogen and oxygen atoms in total. The Balaban J connectivity index is 1.65. The molecule has 0 aliphatic heterocycles. The molecule has 0 aliphatic rings. The quantitative estimate of drug-likeness (QED) is 0.358. The zero-order valence-corrected chi connectivity index (χ0v) is 18.8. The van der Waals surface area contributed by atoms with Gasteiger partial charge in [-0.2, -0.15) is 0 Å². The van der Waals surface area contributed by atoms with Crippen molar-refractivity contribution in [3.05, 3.63) is 59.4 Å². The van der Waals surface area contributed by atoms with Gasteiger partial charge in [-0.25, -0.2) is 24.5 Å². The highest BCUT2D eigenvalue weighted by atomic mass is 32.1. The number of fused-ring (bicyclic) bond motifs is 1. The molecule has 0 fully saturated rings. The van der Waals surface area contributed by atoms with Crippen LogP contribution < -0.4 is 16.4 Å². The normalized spacial score (nSPS) is 10.6. The SMILES string of the molecule is COC(=O)c1cc(Nc2ncnc(Nc3nc4c(C)cccc4s3)c2N)cc(C(=O)OC)c1. The van der Waals surface area contributed by atoms with Crippen molar-refractivity contribution in [3.8, 4) is 0 Å². The Morgan fingerprint density at radius 3 is 2.21 bits per heavy atom. The van der Waals surface area contributed by atoms with Crippen LogP contribution in [0.15, 0.2) is 42.7 Å². The zero-order valence-electron chi connectivity index (χ0n) is 18.0. The van der Waals surface area contributed by atoms with Gasteiger partial charge in [0, 0.05) is 5.69 Å². The first-order valence-corrected chi connectivity index (χ1v) is 10.5. The predicted octanol–water partition coefficient (Wildman–Crippen LogP) is 4.04. The Kier molecular flexibility index (Phi) is 6.05. The molecule has 2 aromatic carbocycles. The Morgan fingerprint density at radius 2 is 1.61 bits per heavy atom. The first-order valence-electron chi connectivity index (χ1n) is 9.72. The Bertz CT molecular complexity index is 1340. The molecule has 0 bridgehead atoms. The lowest BCUT2D eigenvalue weighted by Crippen LogP contribution is -2.09. The maximum absolute atomic E-state index is 12.0. The molecule has 0 spiro atoms. The van der Waals surface area contributed by atoms with Crippen molar-refractivity contribution in [2.24, 2.45) is 0 Å². The lowest BCUT2D eigenvalue weighted by Gasteiger charge is -2.13. The molecule has 0 atom stereocenters. The van der Waals surface area contributed by atoms with Gasteiger partial charge in [-0.1, -0.05) is 23.5 Å². The summed E-state index contributed by atoms with van der Waals surface area (Å²) < 4.78 is 10.6. The smallest absolute Gasteiger partial charge is 0.337 e. The highest BCUT2D eigenvalue weighted by Crippen LogP contribution is 2.33. The summed E-state index contributed by atoms with van der Waals surface area (Å²) in [5.74, 6) is -0.565. The summed E-state index contributed by atoms with van der Waals surface area (Å²) in [6, 6.07) is 10.4. The van der Waals surface area contributed by atoms with Crippen LogP contribution in [0.2, 0.25) is 0 Å². The van der Waals surface area contributed by atoms with Crippen molar-refractivity contribution >= 4 is 61.6 Å². The summed E-state index contributed by atoms with van der Waals surface area (Å²) in [7, 11) is 2.51. The van der Waals surface area contributed by atoms with Crippen molar-refractivity contribution in [1.29, 1.82) is 0 Å². The van der Waals surface area contributed by atoms with Gasteiger partial charge >= 0.3 is 11.9 Å². The molecule has 4 N–H and O–H groups in total. The highest BCUT2D eigenvalue weighted by Gasteiger charge is 2.16. The van der Waals surface area contributed by atoms with Gasteiger partial charge in [0.05, 0.1) is 35.6 Å². The number of rotatable bonds is 6. The number of aromatic nitrogens is 3. The number of para-hydroxylation sites is 1. The van der Waals surface area contributed by atoms with Crippen molar-refractivity contribution < 1.29 is 19.1 Å². The van der Waals surface area contributed by atoms with E-state index >= 15 is 0 Å². The number of methoxy groups -OCH3 is 2. The minimum absolute atomic E-state index is 0.165. The number of hydrogen-bond donors (Lipinski definition) is 3. The van der Waals surface area contributed by atoms with E-state index in [1.165, 1.54) is 50.1 Å². The van der Waals surface area contributed by atoms with Gasteiger partial charge in [-0.3, -0.25) is 0 Å². The van der Waals surface area contributed by atoms with Gasteiger partial charge in [0.25, 0.3) is 0 Å². The number of carbonyl (C=O) groups is 2. The molecular formula is C22H20N6O4S. The van der Waals surface area contributed by atoms with Gasteiger partial charge in [0.1, 0.15) is 12.0 Å². The molecule has 4 aromatic rings. The molecule has 33 heavy (non-hydrogen) atoms. The summed E-state index contributed by atoms with van der Waals surface area (Å²) in [5.41, 5.74) is 9.23. The molecule has 0 amide bonds. The second-order valence-corrected chi connectivity index (χ2v) is 7.99. The predicted molar refractivity (Wildman–Crippen MR) is 126 cm³/mol. The van der Waals surface area contributed by atoms with Gasteiger partial charge in [0.2, 0.25) is 0 Å². The van der Waals surface area contributed by atoms with Gasteiger partial charge in [0.15, 0.2) is 16.8 Å². The van der Waals surface area contributed by atoms with E-state index in [2.05, 4.69) is 25.6 Å². The van der Waals surface area contributed by atoms with Crippen LogP contribution in [-0.2, 0) is 9.47 Å². The van der Waals surface area contributed by atoms with Crippen LogP contribution >= 0.6 is 11.3 Å². The molecule has 0 saturated heterocycles. The Morgan fingerprint density at radius 1 is 0.970 bits per heavy atom. The number of aryl methyl sites for hydroxylation is 1. The van der Waals surface area contributed by atoms with Crippen LogP contribution in [0.5, 0.6) is 0 Å². The summed E-state index contributed by atoms with van der Waals surface area (Å²) in [4.78, 5) is 37.1. The molecule has 0 radical (unpaired) electrons. The van der Waals surface area contributed by atoms with Gasteiger partial charge in [-0.15, -0.1) is 0 Å². The van der Waals surface area contributed by atoms with E-state index < -0.39 is 11.9 Å². The standard InChI is InChI=1S/C22H20N6O4S/c1-11-5-4-6-15-17(11)27-22(33-15)28-19-16(23)18(24-10-25-19)26-14-8-12(20(29)31-2)7-13(9-14)21(30)32-3/h4-10H,23H2,1-3H3,(H2,24,25,26,27,28). The van der Waals surface area contributed by atoms with E-state index in [0.29, 0.717) is 16.6 Å². The van der Waals surface area contributed by atoms with E-state index in [1.807, 2.05) is 25.1 Å². The lowest BCUT2D eigenvalue weighted by atomic mass is 10.1. The largest absolute Gasteiger partial charge is 0.465 e. The Labute approximate surface area is 192 Å². The zero-order chi connectivity index (χ0) is 23.5. The van der Waals surface area contributed by atoms with E-state index in [9.17, 15) is 9.59 Å². The molecule has 2 aromatic heterocycles. The summed E-state index contributed by atoms with van der Waals surface area (Å²) in [5, 5.41) is 6.80. The third-order valence-electron chi connectivity index (χ3n) is 4.77. The second-order valence-electron chi connectivity index (χ2n) is 6.96. The number of carbonyl (C=O) groups excluding carboxylic acids is 2. The molecule has 0 saturated carbocycles. The number of nitrogens with one attached hydrogen (secondary N) is 2. The van der Waals surface area contributed by atoms with Crippen molar-refractivity contribution in [3.63, 3.8) is 0 Å². The van der Waals surface area contributed by atoms with Crippen molar-refractivity contribution in [1.82, 2.24) is 15.0 Å². The number of hydrogen-bond acceptors (Lipinski definition) is 11. The molecule has 168 valence electrons. The third kappa shape index (κ3) is 4.53. The number of nitrogens with zero attached hydrogens (tertiary/aromatic N) is 3. The van der Waals surface area contributed by atoms with E-state index in [0.717, 1.165) is 15.8 Å². The second kappa shape index (κ2) is 9.09. The van der Waals surface area contributed by atoms with Crippen LogP contribution in [0, 0.1) is 6.92 Å². The number of nitrogens with two attached hydrogens (primary N) is 1. The van der Waals surface area contributed by atoms with E-state index in [-0.39, 0.29) is 22.6 Å². The average Bonchev–Trinajstić information content (AvgIpc) is 3.24. The average molecular weight is 465 g/mol. The van der Waals surface area contributed by atoms with Crippen molar-refractivity contribution in [2.75, 3.05) is 30.6 Å². The minimum Gasteiger partial charge on any atom is -0.465 e. The number of esters is 2. The van der Waals surface area contributed by atoms with Crippen LogP contribution in [-0.4, -0.2) is 41.1 Å². The first kappa shape index (κ1) is 22.0. The maximum atomic E-state index is 12.0. The fraction of sp³-hybridized carbons (Fsp3) is 0.136. The van der Waals surface area contributed by atoms with Crippen molar-refractivity contribution in [2.45, 2.75) is 6.92 Å². The van der Waals surface area contributed by atoms with E-state index in [1.54, 1.807) is 0 Å². The topological polar surface area (TPSA) is 141 Å². The molecule has 0 unspecified atom stereocenters. The van der Waals surface area contributed by atoms with E-state index in [4.69, 9.17) is 15.2 Å². The summed E-state index contributed by atoms with van der Waals surface area (Å²) in [6.45, 7) is 2.00. The maximum Gasteiger partial charge on any atom is 0.337 e. The number of benzene rings is 2. The number of anilines is 5. The van der Waals surface area contributed by atoms with Crippen LogP contribution in [0.4, 0.5) is 28.1 Å². The highest BCUT2D eigenvalue weighted by molar-refractivity contribution is 7.22. The first-order chi connectivity index (χ1) is 15.9. The van der Waals surface area contributed by atoms with Crippen LogP contribution in [0.3, 0.4) is 0 Å². The molecule has 11 heteroatoms. The molecule has 2 heterocycles. The van der Waals surface area contributed by atoms with Crippen LogP contribution in [0.1, 0.15) is 26.3 Å². The van der Waals surface area contributed by atoms with Gasteiger partial charge in [-0.05, 0) is 36.8 Å². The Hall–Kier alpha value is -4.25. The minimum atomic E-state index is -0.604. The van der Waals surface area contributed by atoms with Gasteiger partial charge < -0.3 is 25.8 Å². The number of thiazole rings is 1. The monoisotopic (exact) mass is 464 g/mol. The fourth-order valence-electron chi connectivity index (χ4n) is 3.14. The van der Waals surface area contributed by atoms with Crippen LogP contribution in [0.25, 0.3) is 10.2 Å². The summed E-state index contributed by atoms with van der Waals surface area (Å²) >= 11 is 1.48. The lowest BCUT2D eigenvalue weighted by molar-refractivity contribution is 0.0599. The number of nitrogen functional groups attached to an aromatic ring is 1. The fourth-order valence-corrected chi connectivity index (χ4v) is 4.09. The molecular weight excluding hydrogens is 444 g/mol. The summed E-state index contributed by atoms with van der Waals surface area (Å²) in [6.07, 6.45) is 1.34. The molecule has 0 aliphatic carbocycles. The molecule has 4 rings (SSSR count). The third-order valence-corrected chi connectivity index (χ3v) is 5.70. The number of ether oxygens (including phenoxy) is 2.